The number of nitrogens with zero attached hydrogens (tertiary/aromatic N) is 1. The molecule has 3 N–H and O–H groups in total. The predicted octanol–water partition coefficient (Wildman–Crippen LogP) is 0.504. The number of hydrogen-bond donors (Lipinski definition) is 2. The van der Waals surface area contributed by atoms with Crippen molar-refractivity contribution in [2.45, 2.75) is 50.7 Å². The van der Waals surface area contributed by atoms with Crippen LogP contribution >= 0.6 is 0 Å². The number of carbonyl (C=O) groups is 1. The van der Waals surface area contributed by atoms with Gasteiger partial charge in [-0.3, -0.25) is 4.79 Å². The molecule has 1 saturated carbocycles. The van der Waals surface area contributed by atoms with E-state index in [9.17, 15) is 4.79 Å². The van der Waals surface area contributed by atoms with E-state index in [1.807, 2.05) is 4.90 Å². The van der Waals surface area contributed by atoms with Crippen molar-refractivity contribution in [2.24, 2.45) is 11.7 Å². The minimum Gasteiger partial charge on any atom is -0.394 e. The van der Waals surface area contributed by atoms with Crippen molar-refractivity contribution >= 4 is 5.91 Å². The third-order valence-electron chi connectivity index (χ3n) is 4.32. The number of carbonyl (C=O) groups excluding carboxylic acids is 1. The molecule has 1 aliphatic heterocycles. The predicted molar refractivity (Wildman–Crippen MR) is 72.6 cm³/mol. The SMILES string of the molecule is NC1CCC(C(=O)N2CCC(OCCO)CC2)CC1. The number of aliphatic hydroxyl groups is 1. The molecule has 0 aromatic heterocycles. The Labute approximate surface area is 115 Å². The van der Waals surface area contributed by atoms with E-state index in [0.717, 1.165) is 51.6 Å². The molecule has 1 heterocycles. The fraction of sp³-hybridized carbons (Fsp3) is 0.929. The number of likely N-dealkylation sites (tertiary alicyclic amines) is 1. The zero-order valence-corrected chi connectivity index (χ0v) is 11.6. The van der Waals surface area contributed by atoms with Crippen molar-refractivity contribution < 1.29 is 14.6 Å². The minimum absolute atomic E-state index is 0.0709. The summed E-state index contributed by atoms with van der Waals surface area (Å²) in [5.41, 5.74) is 5.88. The molecule has 2 rings (SSSR count). The molecule has 5 nitrogen and oxygen atoms in total. The quantitative estimate of drug-likeness (QED) is 0.780. The van der Waals surface area contributed by atoms with Gasteiger partial charge in [-0.05, 0) is 38.5 Å². The molecule has 2 fully saturated rings. The van der Waals surface area contributed by atoms with Crippen molar-refractivity contribution in [3.05, 3.63) is 0 Å². The number of aliphatic hydroxyl groups excluding tert-OH is 1. The van der Waals surface area contributed by atoms with Crippen LogP contribution in [0, 0.1) is 5.92 Å². The van der Waals surface area contributed by atoms with Gasteiger partial charge in [-0.2, -0.15) is 0 Å². The number of ether oxygens (including phenoxy) is 1. The van der Waals surface area contributed by atoms with Crippen LogP contribution in [-0.4, -0.2) is 54.4 Å². The molecule has 1 amide bonds. The normalized spacial score (nSPS) is 29.5. The van der Waals surface area contributed by atoms with E-state index in [1.54, 1.807) is 0 Å². The molecule has 0 radical (unpaired) electrons. The van der Waals surface area contributed by atoms with Gasteiger partial charge in [0.2, 0.25) is 5.91 Å². The van der Waals surface area contributed by atoms with Gasteiger partial charge in [0.05, 0.1) is 19.3 Å². The van der Waals surface area contributed by atoms with Gasteiger partial charge in [0.1, 0.15) is 0 Å². The monoisotopic (exact) mass is 270 g/mol. The van der Waals surface area contributed by atoms with E-state index >= 15 is 0 Å². The summed E-state index contributed by atoms with van der Waals surface area (Å²) >= 11 is 0. The van der Waals surface area contributed by atoms with Crippen LogP contribution < -0.4 is 5.73 Å². The molecule has 0 unspecified atom stereocenters. The van der Waals surface area contributed by atoms with Crippen LogP contribution in [0.1, 0.15) is 38.5 Å². The van der Waals surface area contributed by atoms with Crippen LogP contribution in [-0.2, 0) is 9.53 Å². The second-order valence-electron chi connectivity index (χ2n) is 5.73. The first-order valence-corrected chi connectivity index (χ1v) is 7.47. The third-order valence-corrected chi connectivity index (χ3v) is 4.32. The second-order valence-corrected chi connectivity index (χ2v) is 5.73. The maximum atomic E-state index is 12.4. The number of piperidine rings is 1. The molecule has 19 heavy (non-hydrogen) atoms. The molecule has 0 spiro atoms. The largest absolute Gasteiger partial charge is 0.394 e. The Kier molecular flexibility index (Phi) is 5.60. The summed E-state index contributed by atoms with van der Waals surface area (Å²) in [5.74, 6) is 0.502. The number of rotatable bonds is 4. The van der Waals surface area contributed by atoms with Crippen molar-refractivity contribution in [3.63, 3.8) is 0 Å². The fourth-order valence-corrected chi connectivity index (χ4v) is 3.09. The Morgan fingerprint density at radius 2 is 1.79 bits per heavy atom. The minimum atomic E-state index is 0.0709. The van der Waals surface area contributed by atoms with Crippen molar-refractivity contribution in [3.8, 4) is 0 Å². The van der Waals surface area contributed by atoms with Crippen LogP contribution in [0.4, 0.5) is 0 Å². The van der Waals surface area contributed by atoms with Crippen LogP contribution in [0.2, 0.25) is 0 Å². The Morgan fingerprint density at radius 3 is 2.37 bits per heavy atom. The maximum absolute atomic E-state index is 12.4. The van der Waals surface area contributed by atoms with Crippen LogP contribution in [0.25, 0.3) is 0 Å². The topological polar surface area (TPSA) is 75.8 Å². The number of amides is 1. The van der Waals surface area contributed by atoms with Gasteiger partial charge in [-0.1, -0.05) is 0 Å². The van der Waals surface area contributed by atoms with E-state index in [-0.39, 0.29) is 18.6 Å². The fourth-order valence-electron chi connectivity index (χ4n) is 3.09. The van der Waals surface area contributed by atoms with E-state index in [0.29, 0.717) is 18.6 Å². The zero-order valence-electron chi connectivity index (χ0n) is 11.6. The first-order chi connectivity index (χ1) is 9.20. The molecule has 0 aromatic carbocycles. The lowest BCUT2D eigenvalue weighted by atomic mass is 9.85. The highest BCUT2D eigenvalue weighted by Gasteiger charge is 2.30. The van der Waals surface area contributed by atoms with Gasteiger partial charge >= 0.3 is 0 Å². The Balaban J connectivity index is 1.73. The molecule has 0 aromatic rings. The highest BCUT2D eigenvalue weighted by atomic mass is 16.5. The standard InChI is InChI=1S/C14H26N2O3/c15-12-3-1-11(2-4-12)14(18)16-7-5-13(6-8-16)19-10-9-17/h11-13,17H,1-10,15H2. The average molecular weight is 270 g/mol. The van der Waals surface area contributed by atoms with E-state index < -0.39 is 0 Å². The summed E-state index contributed by atoms with van der Waals surface area (Å²) in [6, 6.07) is 0.293. The molecular weight excluding hydrogens is 244 g/mol. The molecule has 5 heteroatoms. The Hall–Kier alpha value is -0.650. The molecule has 110 valence electrons. The lowest BCUT2D eigenvalue weighted by molar-refractivity contribution is -0.139. The molecule has 2 aliphatic rings. The second kappa shape index (κ2) is 7.22. The first kappa shape index (κ1) is 14.8. The number of nitrogens with two attached hydrogens (primary N) is 1. The smallest absolute Gasteiger partial charge is 0.225 e. The summed E-state index contributed by atoms with van der Waals surface area (Å²) in [6.07, 6.45) is 5.83. The van der Waals surface area contributed by atoms with Crippen LogP contribution in [0.3, 0.4) is 0 Å². The van der Waals surface area contributed by atoms with Gasteiger partial charge in [0.25, 0.3) is 0 Å². The van der Waals surface area contributed by atoms with Gasteiger partial charge in [0.15, 0.2) is 0 Å². The Bertz CT molecular complexity index is 282. The van der Waals surface area contributed by atoms with Crippen molar-refractivity contribution in [2.75, 3.05) is 26.3 Å². The summed E-state index contributed by atoms with van der Waals surface area (Å²) in [4.78, 5) is 14.4. The average Bonchev–Trinajstić information content (AvgIpc) is 2.46. The maximum Gasteiger partial charge on any atom is 0.225 e. The molecule has 1 aliphatic carbocycles. The number of hydrogen-bond acceptors (Lipinski definition) is 4. The highest BCUT2D eigenvalue weighted by molar-refractivity contribution is 5.79. The third kappa shape index (κ3) is 4.16. The summed E-state index contributed by atoms with van der Waals surface area (Å²) < 4.78 is 5.52. The van der Waals surface area contributed by atoms with Crippen LogP contribution in [0.15, 0.2) is 0 Å². The van der Waals surface area contributed by atoms with E-state index in [2.05, 4.69) is 0 Å². The molecular formula is C14H26N2O3. The molecule has 0 bridgehead atoms. The summed E-state index contributed by atoms with van der Waals surface area (Å²) in [5, 5.41) is 8.73. The van der Waals surface area contributed by atoms with Gasteiger partial charge in [-0.15, -0.1) is 0 Å². The summed E-state index contributed by atoms with van der Waals surface area (Å²) in [7, 11) is 0. The van der Waals surface area contributed by atoms with E-state index in [4.69, 9.17) is 15.6 Å². The zero-order chi connectivity index (χ0) is 13.7. The Morgan fingerprint density at radius 1 is 1.16 bits per heavy atom. The van der Waals surface area contributed by atoms with Gasteiger partial charge in [0, 0.05) is 25.0 Å². The van der Waals surface area contributed by atoms with Gasteiger partial charge < -0.3 is 20.5 Å². The molecule has 0 atom stereocenters. The summed E-state index contributed by atoms with van der Waals surface area (Å²) in [6.45, 7) is 2.05. The van der Waals surface area contributed by atoms with Crippen LogP contribution in [0.5, 0.6) is 0 Å². The highest BCUT2D eigenvalue weighted by Crippen LogP contribution is 2.26. The van der Waals surface area contributed by atoms with Crippen molar-refractivity contribution in [1.29, 1.82) is 0 Å². The van der Waals surface area contributed by atoms with Crippen molar-refractivity contribution in [1.82, 2.24) is 4.90 Å². The lowest BCUT2D eigenvalue weighted by Gasteiger charge is -2.35. The molecule has 1 saturated heterocycles. The van der Waals surface area contributed by atoms with Gasteiger partial charge in [-0.25, -0.2) is 0 Å². The lowest BCUT2D eigenvalue weighted by Crippen LogP contribution is -2.45. The van der Waals surface area contributed by atoms with E-state index in [1.165, 1.54) is 0 Å². The first-order valence-electron chi connectivity index (χ1n) is 7.47.